The second-order valence-corrected chi connectivity index (χ2v) is 4.62. The van der Waals surface area contributed by atoms with Crippen LogP contribution < -0.4 is 0 Å². The van der Waals surface area contributed by atoms with Crippen LogP contribution in [0.5, 0.6) is 0 Å². The summed E-state index contributed by atoms with van der Waals surface area (Å²) in [4.78, 5) is 0. The fourth-order valence-electron chi connectivity index (χ4n) is 1.59. The topological polar surface area (TPSA) is 0 Å². The molecule has 0 fully saturated rings. The van der Waals surface area contributed by atoms with E-state index in [4.69, 9.17) is 0 Å². The van der Waals surface area contributed by atoms with Gasteiger partial charge in [-0.2, -0.15) is 0 Å². The lowest BCUT2D eigenvalue weighted by Crippen LogP contribution is -1.83. The van der Waals surface area contributed by atoms with Crippen LogP contribution in [0.1, 0.15) is 5.56 Å². The van der Waals surface area contributed by atoms with Gasteiger partial charge in [-0.25, -0.2) is 0 Å². The third-order valence-electron chi connectivity index (χ3n) is 2.30. The van der Waals surface area contributed by atoms with E-state index in [9.17, 15) is 0 Å². The monoisotopic (exact) mass is 306 g/mol. The van der Waals surface area contributed by atoms with Gasteiger partial charge in [-0.3, -0.25) is 0 Å². The van der Waals surface area contributed by atoms with Gasteiger partial charge >= 0.3 is 0 Å². The smallest absolute Gasteiger partial charge is 0.0137 e. The highest BCUT2D eigenvalue weighted by atomic mass is 127. The van der Waals surface area contributed by atoms with E-state index < -0.39 is 0 Å². The maximum atomic E-state index is 4.00. The average molecular weight is 306 g/mol. The second-order valence-electron chi connectivity index (χ2n) is 3.32. The first-order chi connectivity index (χ1) is 7.29. The fraction of sp³-hybridized carbons (Fsp3) is 0. The van der Waals surface area contributed by atoms with E-state index in [1.807, 2.05) is 12.1 Å². The van der Waals surface area contributed by atoms with Crippen LogP contribution in [0.4, 0.5) is 0 Å². The molecular formula is C14H11I. The molecule has 0 aliphatic carbocycles. The lowest BCUT2D eigenvalue weighted by Gasteiger charge is -2.07. The van der Waals surface area contributed by atoms with E-state index >= 15 is 0 Å². The van der Waals surface area contributed by atoms with Crippen molar-refractivity contribution in [2.24, 2.45) is 0 Å². The molecule has 15 heavy (non-hydrogen) atoms. The number of hydrogen-bond donors (Lipinski definition) is 0. The Balaban J connectivity index is 2.58. The van der Waals surface area contributed by atoms with Crippen molar-refractivity contribution >= 4 is 26.2 Å². The molecule has 0 aliphatic heterocycles. The third-order valence-corrected chi connectivity index (χ3v) is 2.89. The van der Waals surface area contributed by atoms with Crippen LogP contribution in [0.15, 0.2) is 61.2 Å². The first kappa shape index (κ1) is 10.4. The zero-order valence-corrected chi connectivity index (χ0v) is 10.4. The SMILES string of the molecule is C=C(I)c1ccccc1-c1ccccc1. The summed E-state index contributed by atoms with van der Waals surface area (Å²) in [6, 6.07) is 18.7. The molecule has 0 bridgehead atoms. The summed E-state index contributed by atoms with van der Waals surface area (Å²) in [6.45, 7) is 4.00. The molecular weight excluding hydrogens is 295 g/mol. The van der Waals surface area contributed by atoms with Crippen molar-refractivity contribution < 1.29 is 0 Å². The highest BCUT2D eigenvalue weighted by Crippen LogP contribution is 2.30. The Morgan fingerprint density at radius 3 is 2.13 bits per heavy atom. The van der Waals surface area contributed by atoms with Crippen LogP contribution in [-0.4, -0.2) is 0 Å². The molecule has 0 aliphatic rings. The molecule has 2 aromatic carbocycles. The summed E-state index contributed by atoms with van der Waals surface area (Å²) in [5.74, 6) is 0. The van der Waals surface area contributed by atoms with Gasteiger partial charge in [-0.05, 0) is 39.3 Å². The highest BCUT2D eigenvalue weighted by molar-refractivity contribution is 14.1. The number of hydrogen-bond acceptors (Lipinski definition) is 0. The number of benzene rings is 2. The Bertz CT molecular complexity index is 472. The van der Waals surface area contributed by atoms with Crippen molar-refractivity contribution in [1.29, 1.82) is 0 Å². The van der Waals surface area contributed by atoms with Crippen LogP contribution in [-0.2, 0) is 0 Å². The molecule has 0 spiro atoms. The van der Waals surface area contributed by atoms with Gasteiger partial charge in [0.2, 0.25) is 0 Å². The van der Waals surface area contributed by atoms with E-state index in [2.05, 4.69) is 71.6 Å². The van der Waals surface area contributed by atoms with E-state index in [1.165, 1.54) is 16.7 Å². The Kier molecular flexibility index (Phi) is 3.21. The maximum Gasteiger partial charge on any atom is 0.0137 e. The lowest BCUT2D eigenvalue weighted by atomic mass is 10.00. The molecule has 0 unspecified atom stereocenters. The Morgan fingerprint density at radius 2 is 1.47 bits per heavy atom. The highest BCUT2D eigenvalue weighted by Gasteiger charge is 2.04. The first-order valence-corrected chi connectivity index (χ1v) is 5.86. The average Bonchev–Trinajstić information content (AvgIpc) is 2.30. The molecule has 0 radical (unpaired) electrons. The van der Waals surface area contributed by atoms with Gasteiger partial charge in [-0.1, -0.05) is 61.2 Å². The third kappa shape index (κ3) is 2.29. The van der Waals surface area contributed by atoms with Crippen molar-refractivity contribution in [2.45, 2.75) is 0 Å². The minimum Gasteiger partial charge on any atom is -0.0850 e. The van der Waals surface area contributed by atoms with Crippen molar-refractivity contribution in [3.8, 4) is 11.1 Å². The van der Waals surface area contributed by atoms with Gasteiger partial charge in [0.1, 0.15) is 0 Å². The van der Waals surface area contributed by atoms with Crippen LogP contribution in [0.3, 0.4) is 0 Å². The summed E-state index contributed by atoms with van der Waals surface area (Å²) in [5.41, 5.74) is 3.70. The van der Waals surface area contributed by atoms with Crippen molar-refractivity contribution in [1.82, 2.24) is 0 Å². The van der Waals surface area contributed by atoms with E-state index in [0.29, 0.717) is 0 Å². The Morgan fingerprint density at radius 1 is 0.867 bits per heavy atom. The predicted molar refractivity (Wildman–Crippen MR) is 74.9 cm³/mol. The van der Waals surface area contributed by atoms with Crippen molar-refractivity contribution in [2.75, 3.05) is 0 Å². The normalized spacial score (nSPS) is 9.93. The minimum absolute atomic E-state index is 1.08. The van der Waals surface area contributed by atoms with E-state index in [-0.39, 0.29) is 0 Å². The summed E-state index contributed by atoms with van der Waals surface area (Å²) in [7, 11) is 0. The van der Waals surface area contributed by atoms with Gasteiger partial charge < -0.3 is 0 Å². The van der Waals surface area contributed by atoms with Gasteiger partial charge in [0, 0.05) is 3.58 Å². The number of halogens is 1. The summed E-state index contributed by atoms with van der Waals surface area (Å²) in [6.07, 6.45) is 0. The molecule has 2 aromatic rings. The standard InChI is InChI=1S/C14H11I/c1-11(15)13-9-5-6-10-14(13)12-7-3-2-4-8-12/h2-10H,1H2. The van der Waals surface area contributed by atoms with Gasteiger partial charge in [-0.15, -0.1) is 0 Å². The van der Waals surface area contributed by atoms with Crippen molar-refractivity contribution in [3.05, 3.63) is 66.7 Å². The molecule has 0 saturated heterocycles. The van der Waals surface area contributed by atoms with Crippen LogP contribution in [0.25, 0.3) is 14.7 Å². The van der Waals surface area contributed by atoms with Crippen molar-refractivity contribution in [3.63, 3.8) is 0 Å². The molecule has 74 valence electrons. The molecule has 0 amide bonds. The first-order valence-electron chi connectivity index (χ1n) is 4.78. The Hall–Kier alpha value is -1.09. The van der Waals surface area contributed by atoms with E-state index in [0.717, 1.165) is 3.58 Å². The largest absolute Gasteiger partial charge is 0.0850 e. The number of rotatable bonds is 2. The predicted octanol–water partition coefficient (Wildman–Crippen LogP) is 4.76. The Labute approximate surface area is 104 Å². The molecule has 1 heteroatoms. The second kappa shape index (κ2) is 4.62. The minimum atomic E-state index is 1.08. The van der Waals surface area contributed by atoms with Gasteiger partial charge in [0.15, 0.2) is 0 Å². The molecule has 0 saturated carbocycles. The molecule has 0 N–H and O–H groups in total. The molecule has 0 heterocycles. The van der Waals surface area contributed by atoms with Crippen LogP contribution >= 0.6 is 22.6 Å². The molecule has 0 atom stereocenters. The lowest BCUT2D eigenvalue weighted by molar-refractivity contribution is 1.59. The molecule has 0 aromatic heterocycles. The molecule has 2 rings (SSSR count). The maximum absolute atomic E-state index is 4.00. The summed E-state index contributed by atoms with van der Waals surface area (Å²) >= 11 is 2.27. The quantitative estimate of drug-likeness (QED) is 0.702. The van der Waals surface area contributed by atoms with Gasteiger partial charge in [0.05, 0.1) is 0 Å². The summed E-state index contributed by atoms with van der Waals surface area (Å²) in [5, 5.41) is 0. The summed E-state index contributed by atoms with van der Waals surface area (Å²) < 4.78 is 1.08. The van der Waals surface area contributed by atoms with Crippen LogP contribution in [0.2, 0.25) is 0 Å². The zero-order chi connectivity index (χ0) is 10.7. The van der Waals surface area contributed by atoms with Crippen LogP contribution in [0, 0.1) is 0 Å². The zero-order valence-electron chi connectivity index (χ0n) is 8.28. The van der Waals surface area contributed by atoms with E-state index in [1.54, 1.807) is 0 Å². The van der Waals surface area contributed by atoms with Gasteiger partial charge in [0.25, 0.3) is 0 Å². The molecule has 0 nitrogen and oxygen atoms in total. The fourth-order valence-corrected chi connectivity index (χ4v) is 2.06.